The lowest BCUT2D eigenvalue weighted by Crippen LogP contribution is -2.48. The highest BCUT2D eigenvalue weighted by Crippen LogP contribution is 2.44. The Morgan fingerprint density at radius 1 is 1.13 bits per heavy atom. The van der Waals surface area contributed by atoms with Crippen molar-refractivity contribution in [2.45, 2.75) is 58.4 Å². The van der Waals surface area contributed by atoms with Gasteiger partial charge in [0.2, 0.25) is 0 Å². The van der Waals surface area contributed by atoms with Gasteiger partial charge in [0.25, 0.3) is 5.91 Å². The van der Waals surface area contributed by atoms with Gasteiger partial charge in [0.05, 0.1) is 17.9 Å². The molecule has 0 radical (unpaired) electrons. The third-order valence-electron chi connectivity index (χ3n) is 6.86. The van der Waals surface area contributed by atoms with Gasteiger partial charge in [-0.15, -0.1) is 0 Å². The van der Waals surface area contributed by atoms with E-state index in [9.17, 15) is 4.79 Å². The second kappa shape index (κ2) is 7.59. The van der Waals surface area contributed by atoms with Crippen LogP contribution in [0.2, 0.25) is 0 Å². The second-order valence-electron chi connectivity index (χ2n) is 9.18. The molecular weight excluding hydrogens is 386 g/mol. The van der Waals surface area contributed by atoms with Crippen molar-refractivity contribution in [3.63, 3.8) is 0 Å². The third kappa shape index (κ3) is 3.64. The average Bonchev–Trinajstić information content (AvgIpc) is 3.27. The summed E-state index contributed by atoms with van der Waals surface area (Å²) in [4.78, 5) is 24.5. The van der Waals surface area contributed by atoms with Gasteiger partial charge in [0, 0.05) is 36.0 Å². The van der Waals surface area contributed by atoms with Crippen molar-refractivity contribution in [3.05, 3.63) is 76.1 Å². The van der Waals surface area contributed by atoms with Crippen molar-refractivity contribution >= 4 is 5.91 Å². The third-order valence-corrected chi connectivity index (χ3v) is 6.86. The van der Waals surface area contributed by atoms with Crippen LogP contribution in [0.5, 0.6) is 0 Å². The first-order chi connectivity index (χ1) is 14.9. The Morgan fingerprint density at radius 3 is 2.68 bits per heavy atom. The van der Waals surface area contributed by atoms with Gasteiger partial charge in [-0.05, 0) is 75.8 Å². The molecule has 1 aliphatic carbocycles. The van der Waals surface area contributed by atoms with Gasteiger partial charge in [-0.25, -0.2) is 9.97 Å². The van der Waals surface area contributed by atoms with Gasteiger partial charge in [0.1, 0.15) is 5.82 Å². The van der Waals surface area contributed by atoms with Crippen LogP contribution in [-0.2, 0) is 18.4 Å². The molecule has 1 amide bonds. The summed E-state index contributed by atoms with van der Waals surface area (Å²) in [6.07, 6.45) is 6.17. The summed E-state index contributed by atoms with van der Waals surface area (Å²) in [7, 11) is 0. The van der Waals surface area contributed by atoms with E-state index in [0.717, 1.165) is 73.7 Å². The van der Waals surface area contributed by atoms with Crippen molar-refractivity contribution in [3.8, 4) is 0 Å². The van der Waals surface area contributed by atoms with E-state index < -0.39 is 0 Å². The lowest BCUT2D eigenvalue weighted by atomic mass is 9.77. The zero-order chi connectivity index (χ0) is 21.6. The van der Waals surface area contributed by atoms with E-state index in [0.29, 0.717) is 0 Å². The lowest BCUT2D eigenvalue weighted by Gasteiger charge is -2.40. The van der Waals surface area contributed by atoms with Crippen LogP contribution in [0.25, 0.3) is 0 Å². The zero-order valence-electron chi connectivity index (χ0n) is 18.6. The molecule has 3 aromatic rings. The quantitative estimate of drug-likeness (QED) is 0.653. The number of hydrogen-bond donors (Lipinski definition) is 0. The summed E-state index contributed by atoms with van der Waals surface area (Å²) in [6.45, 7) is 8.31. The van der Waals surface area contributed by atoms with Gasteiger partial charge < -0.3 is 4.90 Å². The highest BCUT2D eigenvalue weighted by Gasteiger charge is 2.44. The van der Waals surface area contributed by atoms with Gasteiger partial charge in [-0.3, -0.25) is 9.48 Å². The fourth-order valence-corrected chi connectivity index (χ4v) is 5.28. The number of aryl methyl sites for hydroxylation is 4. The number of likely N-dealkylation sites (tertiary alicyclic amines) is 1. The minimum atomic E-state index is -0.00758. The number of piperidine rings is 1. The Morgan fingerprint density at radius 2 is 1.94 bits per heavy atom. The topological polar surface area (TPSA) is 63.9 Å². The molecule has 1 atom stereocenters. The highest BCUT2D eigenvalue weighted by molar-refractivity contribution is 5.94. The highest BCUT2D eigenvalue weighted by atomic mass is 16.2. The molecule has 2 aliphatic rings. The molecule has 1 aliphatic heterocycles. The maximum atomic E-state index is 13.3. The molecular formula is C25H29N5O. The van der Waals surface area contributed by atoms with Crippen LogP contribution in [0, 0.1) is 20.8 Å². The van der Waals surface area contributed by atoms with E-state index in [1.54, 1.807) is 0 Å². The number of fused-ring (bicyclic) bond motifs is 2. The fraction of sp³-hybridized carbons (Fsp3) is 0.440. The number of benzene rings is 1. The van der Waals surface area contributed by atoms with Crippen LogP contribution >= 0.6 is 0 Å². The first kappa shape index (κ1) is 19.9. The minimum Gasteiger partial charge on any atom is -0.338 e. The predicted octanol–water partition coefficient (Wildman–Crippen LogP) is 3.77. The van der Waals surface area contributed by atoms with Crippen LogP contribution in [0.15, 0.2) is 36.5 Å². The molecule has 0 N–H and O–H groups in total. The number of carbonyl (C=O) groups is 1. The molecule has 0 saturated carbocycles. The first-order valence-corrected chi connectivity index (χ1v) is 11.2. The van der Waals surface area contributed by atoms with E-state index in [1.807, 2.05) is 53.9 Å². The summed E-state index contributed by atoms with van der Waals surface area (Å²) in [6, 6.07) is 10.1. The number of amides is 1. The predicted molar refractivity (Wildman–Crippen MR) is 119 cm³/mol. The number of nitrogens with zero attached hydrogens (tertiary/aromatic N) is 5. The van der Waals surface area contributed by atoms with E-state index in [4.69, 9.17) is 4.98 Å². The Kier molecular flexibility index (Phi) is 4.88. The molecule has 31 heavy (non-hydrogen) atoms. The number of carbonyl (C=O) groups excluding carboxylic acids is 1. The molecule has 1 fully saturated rings. The summed E-state index contributed by atoms with van der Waals surface area (Å²) in [5, 5.41) is 4.53. The maximum Gasteiger partial charge on any atom is 0.253 e. The van der Waals surface area contributed by atoms with E-state index in [-0.39, 0.29) is 11.3 Å². The van der Waals surface area contributed by atoms with E-state index in [1.165, 1.54) is 11.3 Å². The molecule has 2 aromatic heterocycles. The van der Waals surface area contributed by atoms with Crippen molar-refractivity contribution in [1.29, 1.82) is 0 Å². The maximum absolute atomic E-state index is 13.3. The molecule has 1 spiro atoms. The molecule has 1 unspecified atom stereocenters. The molecule has 160 valence electrons. The van der Waals surface area contributed by atoms with Crippen LogP contribution in [-0.4, -0.2) is 43.6 Å². The van der Waals surface area contributed by atoms with E-state index >= 15 is 0 Å². The molecule has 1 saturated heterocycles. The largest absolute Gasteiger partial charge is 0.338 e. The van der Waals surface area contributed by atoms with Crippen molar-refractivity contribution in [2.24, 2.45) is 0 Å². The van der Waals surface area contributed by atoms with Gasteiger partial charge in [0.15, 0.2) is 0 Å². The summed E-state index contributed by atoms with van der Waals surface area (Å²) in [5.74, 6) is 0.942. The standard InChI is InChI=1S/C25H29N5O/c1-17-13-18(2)30(28-17)15-20-5-7-21(8-6-20)24(31)29-12-4-10-25(16-29)11-9-22-14-26-19(3)27-23(22)25/h5-8,13-14H,4,9-12,15-16H2,1-3H3. The lowest BCUT2D eigenvalue weighted by molar-refractivity contribution is 0.0633. The van der Waals surface area contributed by atoms with Gasteiger partial charge in [-0.2, -0.15) is 5.10 Å². The van der Waals surface area contributed by atoms with Crippen molar-refractivity contribution < 1.29 is 4.79 Å². The SMILES string of the molecule is Cc1cc(C)n(Cc2ccc(C(=O)N3CCCC4(CCc5cnc(C)nc54)C3)cc2)n1. The number of rotatable bonds is 3. The summed E-state index contributed by atoms with van der Waals surface area (Å²) in [5.41, 5.74) is 6.50. The van der Waals surface area contributed by atoms with Gasteiger partial charge >= 0.3 is 0 Å². The number of aromatic nitrogens is 4. The smallest absolute Gasteiger partial charge is 0.253 e. The molecule has 0 bridgehead atoms. The average molecular weight is 416 g/mol. The summed E-state index contributed by atoms with van der Waals surface area (Å²) >= 11 is 0. The van der Waals surface area contributed by atoms with Crippen LogP contribution < -0.4 is 0 Å². The van der Waals surface area contributed by atoms with Gasteiger partial charge in [-0.1, -0.05) is 12.1 Å². The van der Waals surface area contributed by atoms with Crippen LogP contribution in [0.3, 0.4) is 0 Å². The molecule has 1 aromatic carbocycles. The Labute approximate surface area is 183 Å². The molecule has 6 nitrogen and oxygen atoms in total. The van der Waals surface area contributed by atoms with Crippen LogP contribution in [0.4, 0.5) is 0 Å². The van der Waals surface area contributed by atoms with E-state index in [2.05, 4.69) is 23.1 Å². The molecule has 6 heteroatoms. The van der Waals surface area contributed by atoms with Crippen LogP contribution in [0.1, 0.15) is 63.7 Å². The Balaban J connectivity index is 1.33. The number of hydrogen-bond acceptors (Lipinski definition) is 4. The Hall–Kier alpha value is -3.02. The zero-order valence-corrected chi connectivity index (χ0v) is 18.6. The molecule has 5 rings (SSSR count). The molecule has 3 heterocycles. The fourth-order valence-electron chi connectivity index (χ4n) is 5.28. The van der Waals surface area contributed by atoms with Crippen molar-refractivity contribution in [2.75, 3.05) is 13.1 Å². The monoisotopic (exact) mass is 415 g/mol. The second-order valence-corrected chi connectivity index (χ2v) is 9.18. The normalized spacial score (nSPS) is 20.3. The van der Waals surface area contributed by atoms with Crippen molar-refractivity contribution in [1.82, 2.24) is 24.6 Å². The Bertz CT molecular complexity index is 1130. The summed E-state index contributed by atoms with van der Waals surface area (Å²) < 4.78 is 2.00. The first-order valence-electron chi connectivity index (χ1n) is 11.2. The minimum absolute atomic E-state index is 0.00758.